The van der Waals surface area contributed by atoms with E-state index < -0.39 is 0 Å². The second-order valence-corrected chi connectivity index (χ2v) is 10.4. The second-order valence-electron chi connectivity index (χ2n) is 10.4. The summed E-state index contributed by atoms with van der Waals surface area (Å²) in [5.41, 5.74) is 2.76. The number of halogens is 1. The van der Waals surface area contributed by atoms with Gasteiger partial charge in [0, 0.05) is 30.2 Å². The highest BCUT2D eigenvalue weighted by Crippen LogP contribution is 2.37. The van der Waals surface area contributed by atoms with Crippen molar-refractivity contribution in [2.75, 3.05) is 65.3 Å². The Morgan fingerprint density at radius 3 is 2.54 bits per heavy atom. The summed E-state index contributed by atoms with van der Waals surface area (Å²) in [7, 11) is 3.91. The van der Waals surface area contributed by atoms with Crippen LogP contribution in [0.25, 0.3) is 22.4 Å². The number of ether oxygens (including phenoxy) is 2. The van der Waals surface area contributed by atoms with E-state index in [1.165, 1.54) is 38.8 Å². The van der Waals surface area contributed by atoms with Crippen LogP contribution in [-0.2, 0) is 0 Å². The van der Waals surface area contributed by atoms with Gasteiger partial charge in [0.25, 0.3) is 0 Å². The first-order chi connectivity index (χ1) is 17.6. The molecular formula is C29H41ClN4O3. The van der Waals surface area contributed by atoms with E-state index in [1.54, 1.807) is 7.11 Å². The van der Waals surface area contributed by atoms with Crippen LogP contribution >= 0.6 is 12.4 Å². The molecule has 4 heterocycles. The number of benzene rings is 1. The molecule has 202 valence electrons. The molecule has 5 rings (SSSR count). The lowest BCUT2D eigenvalue weighted by Crippen LogP contribution is -2.32. The van der Waals surface area contributed by atoms with Gasteiger partial charge in [-0.3, -0.25) is 0 Å². The fraction of sp³-hybridized carbons (Fsp3) is 0.552. The Labute approximate surface area is 226 Å². The number of rotatable bonds is 10. The molecule has 37 heavy (non-hydrogen) atoms. The highest BCUT2D eigenvalue weighted by atomic mass is 35.5. The van der Waals surface area contributed by atoms with E-state index >= 15 is 0 Å². The third-order valence-electron chi connectivity index (χ3n) is 7.58. The molecule has 0 amide bonds. The molecule has 2 saturated heterocycles. The third-order valence-corrected chi connectivity index (χ3v) is 7.58. The first-order valence-corrected chi connectivity index (χ1v) is 13.5. The smallest absolute Gasteiger partial charge is 0.163 e. The average molecular weight is 529 g/mol. The molecule has 2 aliphatic heterocycles. The van der Waals surface area contributed by atoms with Crippen molar-refractivity contribution in [1.29, 1.82) is 0 Å². The number of nitrogens with zero attached hydrogens (tertiary/aromatic N) is 3. The van der Waals surface area contributed by atoms with Gasteiger partial charge >= 0.3 is 0 Å². The summed E-state index contributed by atoms with van der Waals surface area (Å²) >= 11 is 0. The van der Waals surface area contributed by atoms with Crippen LogP contribution in [0.4, 0.5) is 5.69 Å². The maximum atomic E-state index is 6.21. The summed E-state index contributed by atoms with van der Waals surface area (Å²) in [5.74, 6) is 3.81. The monoisotopic (exact) mass is 528 g/mol. The number of furan rings is 1. The molecule has 3 aromatic rings. The Morgan fingerprint density at radius 1 is 1.05 bits per heavy atom. The van der Waals surface area contributed by atoms with Crippen molar-refractivity contribution >= 4 is 29.0 Å². The molecule has 2 fully saturated rings. The van der Waals surface area contributed by atoms with Crippen molar-refractivity contribution in [2.45, 2.75) is 39.0 Å². The number of likely N-dealkylation sites (tertiary alicyclic amines) is 2. The van der Waals surface area contributed by atoms with Crippen molar-refractivity contribution in [1.82, 2.24) is 14.8 Å². The lowest BCUT2D eigenvalue weighted by molar-refractivity contribution is 0.226. The van der Waals surface area contributed by atoms with E-state index in [-0.39, 0.29) is 12.4 Å². The van der Waals surface area contributed by atoms with Gasteiger partial charge < -0.3 is 29.0 Å². The highest BCUT2D eigenvalue weighted by molar-refractivity contribution is 5.95. The highest BCUT2D eigenvalue weighted by Gasteiger charge is 2.19. The Kier molecular flexibility index (Phi) is 9.57. The lowest BCUT2D eigenvalue weighted by Gasteiger charge is -2.29. The van der Waals surface area contributed by atoms with Crippen LogP contribution in [0.15, 0.2) is 34.7 Å². The molecule has 8 heteroatoms. The van der Waals surface area contributed by atoms with E-state index in [0.29, 0.717) is 12.5 Å². The van der Waals surface area contributed by atoms with Gasteiger partial charge in [-0.1, -0.05) is 0 Å². The summed E-state index contributed by atoms with van der Waals surface area (Å²) in [6.45, 7) is 9.40. The van der Waals surface area contributed by atoms with E-state index in [0.717, 1.165) is 77.9 Å². The Morgan fingerprint density at radius 2 is 1.84 bits per heavy atom. The maximum absolute atomic E-state index is 6.21. The van der Waals surface area contributed by atoms with E-state index in [1.807, 2.05) is 25.1 Å². The van der Waals surface area contributed by atoms with Gasteiger partial charge in [-0.15, -0.1) is 12.4 Å². The van der Waals surface area contributed by atoms with Crippen LogP contribution in [0.1, 0.15) is 37.9 Å². The van der Waals surface area contributed by atoms with Crippen LogP contribution in [0.5, 0.6) is 11.5 Å². The molecule has 0 atom stereocenters. The molecule has 0 aliphatic carbocycles. The fourth-order valence-electron chi connectivity index (χ4n) is 5.35. The van der Waals surface area contributed by atoms with Crippen molar-refractivity contribution < 1.29 is 13.9 Å². The van der Waals surface area contributed by atoms with Gasteiger partial charge in [0.2, 0.25) is 0 Å². The Bertz CT molecular complexity index is 1150. The predicted molar refractivity (Wildman–Crippen MR) is 152 cm³/mol. The molecule has 0 spiro atoms. The van der Waals surface area contributed by atoms with Crippen LogP contribution in [-0.4, -0.2) is 74.8 Å². The summed E-state index contributed by atoms with van der Waals surface area (Å²) < 4.78 is 17.9. The second kappa shape index (κ2) is 12.9. The van der Waals surface area contributed by atoms with Crippen LogP contribution in [0, 0.1) is 12.8 Å². The third kappa shape index (κ3) is 6.89. The SMILES string of the molecule is COc1cc2c(NCC3CCN(C)CC3)cc(-c3ccc(C)o3)nc2cc1OCCCN1CCCC1.Cl. The number of fused-ring (bicyclic) bond motifs is 1. The Balaban J connectivity index is 0.00000320. The molecule has 1 aromatic carbocycles. The molecular weight excluding hydrogens is 488 g/mol. The minimum Gasteiger partial charge on any atom is -0.493 e. The lowest BCUT2D eigenvalue weighted by atomic mass is 9.97. The van der Waals surface area contributed by atoms with Crippen LogP contribution < -0.4 is 14.8 Å². The number of aromatic nitrogens is 1. The fourth-order valence-corrected chi connectivity index (χ4v) is 5.35. The van der Waals surface area contributed by atoms with E-state index in [4.69, 9.17) is 18.9 Å². The molecule has 1 N–H and O–H groups in total. The number of anilines is 1. The van der Waals surface area contributed by atoms with Gasteiger partial charge in [0.15, 0.2) is 17.3 Å². The van der Waals surface area contributed by atoms with Gasteiger partial charge in [-0.25, -0.2) is 4.98 Å². The van der Waals surface area contributed by atoms with Gasteiger partial charge in [0.1, 0.15) is 11.5 Å². The number of nitrogens with one attached hydrogen (secondary N) is 1. The molecule has 0 bridgehead atoms. The first-order valence-electron chi connectivity index (χ1n) is 13.5. The molecule has 2 aromatic heterocycles. The number of pyridine rings is 1. The molecule has 0 unspecified atom stereocenters. The number of aryl methyl sites for hydroxylation is 1. The van der Waals surface area contributed by atoms with Gasteiger partial charge in [-0.2, -0.15) is 0 Å². The van der Waals surface area contributed by atoms with Crippen molar-refractivity contribution in [3.05, 3.63) is 36.1 Å². The summed E-state index contributed by atoms with van der Waals surface area (Å²) in [4.78, 5) is 9.89. The molecule has 0 radical (unpaired) electrons. The maximum Gasteiger partial charge on any atom is 0.163 e. The minimum absolute atomic E-state index is 0. The summed E-state index contributed by atoms with van der Waals surface area (Å²) in [6, 6.07) is 10.2. The van der Waals surface area contributed by atoms with Crippen molar-refractivity contribution in [2.24, 2.45) is 5.92 Å². The Hall–Kier alpha value is -2.48. The number of methoxy groups -OCH3 is 1. The zero-order chi connectivity index (χ0) is 24.9. The largest absolute Gasteiger partial charge is 0.493 e. The van der Waals surface area contributed by atoms with E-state index in [9.17, 15) is 0 Å². The number of piperidine rings is 1. The standard InChI is InChI=1S/C29H40N4O3.ClH/c1-21-7-8-27(36-21)26-18-24(30-20-22-9-14-32(2)15-10-22)23-17-28(34-3)29(19-25(23)31-26)35-16-6-13-33-11-4-5-12-33;/h7-8,17-19,22H,4-6,9-16,20H2,1-3H3,(H,30,31);1H. The summed E-state index contributed by atoms with van der Waals surface area (Å²) in [5, 5.41) is 4.78. The molecule has 2 aliphatic rings. The van der Waals surface area contributed by atoms with Crippen molar-refractivity contribution in [3.8, 4) is 23.0 Å². The molecule has 7 nitrogen and oxygen atoms in total. The van der Waals surface area contributed by atoms with Crippen molar-refractivity contribution in [3.63, 3.8) is 0 Å². The summed E-state index contributed by atoms with van der Waals surface area (Å²) in [6.07, 6.45) is 6.07. The zero-order valence-corrected chi connectivity index (χ0v) is 23.2. The van der Waals surface area contributed by atoms with Gasteiger partial charge in [-0.05, 0) is 102 Å². The van der Waals surface area contributed by atoms with E-state index in [2.05, 4.69) is 34.3 Å². The molecule has 0 saturated carbocycles. The topological polar surface area (TPSA) is 63.0 Å². The average Bonchev–Trinajstić information content (AvgIpc) is 3.57. The minimum atomic E-state index is 0. The normalized spacial score (nSPS) is 17.2. The van der Waals surface area contributed by atoms with Crippen LogP contribution in [0.3, 0.4) is 0 Å². The van der Waals surface area contributed by atoms with Gasteiger partial charge in [0.05, 0.1) is 19.2 Å². The first kappa shape index (κ1) is 27.6. The zero-order valence-electron chi connectivity index (χ0n) is 22.4. The number of hydrogen-bond acceptors (Lipinski definition) is 7. The predicted octanol–water partition coefficient (Wildman–Crippen LogP) is 5.85. The quantitative estimate of drug-likeness (QED) is 0.331. The van der Waals surface area contributed by atoms with Crippen LogP contribution in [0.2, 0.25) is 0 Å². The number of hydrogen-bond donors (Lipinski definition) is 1.